The molecule has 27 heavy (non-hydrogen) atoms. The van der Waals surface area contributed by atoms with E-state index in [1.165, 1.54) is 5.56 Å². The predicted octanol–water partition coefficient (Wildman–Crippen LogP) is 3.58. The van der Waals surface area contributed by atoms with Crippen molar-refractivity contribution in [1.29, 1.82) is 0 Å². The lowest BCUT2D eigenvalue weighted by atomic mass is 10.1. The fraction of sp³-hybridized carbons (Fsp3) is 0.227. The molecule has 1 aromatic heterocycles. The maximum Gasteiger partial charge on any atom is 0.250 e. The quantitative estimate of drug-likeness (QED) is 0.754. The second kappa shape index (κ2) is 7.19. The van der Waals surface area contributed by atoms with Gasteiger partial charge >= 0.3 is 0 Å². The van der Waals surface area contributed by atoms with Crippen LogP contribution in [0.2, 0.25) is 0 Å². The van der Waals surface area contributed by atoms with Crippen molar-refractivity contribution in [1.82, 2.24) is 4.57 Å². The van der Waals surface area contributed by atoms with E-state index in [0.717, 1.165) is 41.4 Å². The van der Waals surface area contributed by atoms with Gasteiger partial charge in [0.05, 0.1) is 5.56 Å². The molecule has 0 atom stereocenters. The van der Waals surface area contributed by atoms with Crippen LogP contribution in [0.5, 0.6) is 11.5 Å². The number of primary amides is 1. The first kappa shape index (κ1) is 17.2. The third-order valence-electron chi connectivity index (χ3n) is 4.94. The molecular formula is C22H22N2O3. The number of fused-ring (bicyclic) bond motifs is 1. The van der Waals surface area contributed by atoms with E-state index < -0.39 is 5.91 Å². The lowest BCUT2D eigenvalue weighted by Gasteiger charge is -2.19. The lowest BCUT2D eigenvalue weighted by molar-refractivity contribution is 0.0999. The summed E-state index contributed by atoms with van der Waals surface area (Å²) >= 11 is 0. The van der Waals surface area contributed by atoms with Crippen LogP contribution in [0.4, 0.5) is 0 Å². The van der Waals surface area contributed by atoms with Gasteiger partial charge in [0.2, 0.25) is 0 Å². The van der Waals surface area contributed by atoms with Gasteiger partial charge in [-0.1, -0.05) is 30.3 Å². The third kappa shape index (κ3) is 3.40. The fourth-order valence-electron chi connectivity index (χ4n) is 3.51. The Morgan fingerprint density at radius 3 is 2.52 bits per heavy atom. The zero-order valence-electron chi connectivity index (χ0n) is 15.3. The van der Waals surface area contributed by atoms with Gasteiger partial charge in [-0.05, 0) is 43.2 Å². The number of aryl methyl sites for hydroxylation is 1. The van der Waals surface area contributed by atoms with E-state index in [-0.39, 0.29) is 0 Å². The average Bonchev–Trinajstić information content (AvgIpc) is 3.03. The van der Waals surface area contributed by atoms with Crippen molar-refractivity contribution in [3.8, 4) is 22.8 Å². The zero-order chi connectivity index (χ0) is 18.8. The number of nitrogens with two attached hydrogens (primary N) is 1. The maximum absolute atomic E-state index is 11.9. The van der Waals surface area contributed by atoms with Gasteiger partial charge in [0.1, 0.15) is 13.2 Å². The van der Waals surface area contributed by atoms with Gasteiger partial charge in [0.15, 0.2) is 11.5 Å². The van der Waals surface area contributed by atoms with Crippen molar-refractivity contribution < 1.29 is 14.3 Å². The molecule has 4 rings (SSSR count). The second-order valence-corrected chi connectivity index (χ2v) is 6.64. The van der Waals surface area contributed by atoms with Crippen LogP contribution in [0.3, 0.4) is 0 Å². The minimum atomic E-state index is -0.412. The van der Waals surface area contributed by atoms with Crippen molar-refractivity contribution in [2.45, 2.75) is 19.9 Å². The van der Waals surface area contributed by atoms with Gasteiger partial charge in [-0.25, -0.2) is 0 Å². The Bertz CT molecular complexity index is 977. The molecule has 0 spiro atoms. The maximum atomic E-state index is 11.9. The molecule has 1 aliphatic rings. The monoisotopic (exact) mass is 362 g/mol. The molecule has 2 heterocycles. The normalized spacial score (nSPS) is 12.8. The SMILES string of the molecule is Cc1c(C(N)=O)cc(-c2ccc3c(c2)OCCO3)n1CCc1ccccc1. The zero-order valence-corrected chi connectivity index (χ0v) is 15.3. The van der Waals surface area contributed by atoms with Gasteiger partial charge in [0.25, 0.3) is 5.91 Å². The van der Waals surface area contributed by atoms with Gasteiger partial charge in [0, 0.05) is 23.5 Å². The molecule has 0 aliphatic carbocycles. The molecule has 2 aromatic carbocycles. The Labute approximate surface area is 158 Å². The Balaban J connectivity index is 1.73. The first-order valence-electron chi connectivity index (χ1n) is 9.07. The van der Waals surface area contributed by atoms with E-state index in [0.29, 0.717) is 18.8 Å². The lowest BCUT2D eigenvalue weighted by Crippen LogP contribution is -2.15. The molecular weight excluding hydrogens is 340 g/mol. The highest BCUT2D eigenvalue weighted by atomic mass is 16.6. The summed E-state index contributed by atoms with van der Waals surface area (Å²) < 4.78 is 13.5. The van der Waals surface area contributed by atoms with E-state index in [2.05, 4.69) is 16.7 Å². The van der Waals surface area contributed by atoms with Crippen LogP contribution in [0.1, 0.15) is 21.6 Å². The number of nitrogens with zero attached hydrogens (tertiary/aromatic N) is 1. The third-order valence-corrected chi connectivity index (χ3v) is 4.94. The van der Waals surface area contributed by atoms with Crippen LogP contribution >= 0.6 is 0 Å². The number of aromatic nitrogens is 1. The first-order valence-corrected chi connectivity index (χ1v) is 9.07. The summed E-state index contributed by atoms with van der Waals surface area (Å²) in [5.41, 5.74) is 10.2. The highest BCUT2D eigenvalue weighted by Gasteiger charge is 2.19. The average molecular weight is 362 g/mol. The van der Waals surface area contributed by atoms with Crippen LogP contribution < -0.4 is 15.2 Å². The van der Waals surface area contributed by atoms with Crippen molar-refractivity contribution >= 4 is 5.91 Å². The Hall–Kier alpha value is -3.21. The molecule has 2 N–H and O–H groups in total. The number of benzene rings is 2. The molecule has 5 heteroatoms. The number of rotatable bonds is 5. The van der Waals surface area contributed by atoms with Crippen molar-refractivity contribution in [2.24, 2.45) is 5.73 Å². The largest absolute Gasteiger partial charge is 0.486 e. The molecule has 1 amide bonds. The molecule has 0 bridgehead atoms. The van der Waals surface area contributed by atoms with Crippen LogP contribution in [-0.4, -0.2) is 23.7 Å². The Morgan fingerprint density at radius 2 is 1.78 bits per heavy atom. The second-order valence-electron chi connectivity index (χ2n) is 6.64. The Morgan fingerprint density at radius 1 is 1.04 bits per heavy atom. The van der Waals surface area contributed by atoms with Gasteiger partial charge < -0.3 is 19.8 Å². The summed E-state index contributed by atoms with van der Waals surface area (Å²) in [6, 6.07) is 18.0. The number of carbonyl (C=O) groups excluding carboxylic acids is 1. The summed E-state index contributed by atoms with van der Waals surface area (Å²) in [6.45, 7) is 3.79. The minimum absolute atomic E-state index is 0.412. The van der Waals surface area contributed by atoms with Crippen LogP contribution in [0, 0.1) is 6.92 Å². The summed E-state index contributed by atoms with van der Waals surface area (Å²) in [6.07, 6.45) is 0.867. The topological polar surface area (TPSA) is 66.5 Å². The van der Waals surface area contributed by atoms with Gasteiger partial charge in [-0.15, -0.1) is 0 Å². The van der Waals surface area contributed by atoms with E-state index in [1.54, 1.807) is 0 Å². The number of ether oxygens (including phenoxy) is 2. The molecule has 0 saturated carbocycles. The van der Waals surface area contributed by atoms with E-state index >= 15 is 0 Å². The molecule has 3 aromatic rings. The number of hydrogen-bond donors (Lipinski definition) is 1. The van der Waals surface area contributed by atoms with E-state index in [4.69, 9.17) is 15.2 Å². The fourth-order valence-corrected chi connectivity index (χ4v) is 3.51. The highest BCUT2D eigenvalue weighted by molar-refractivity contribution is 5.95. The van der Waals surface area contributed by atoms with Gasteiger partial charge in [-0.2, -0.15) is 0 Å². The number of hydrogen-bond acceptors (Lipinski definition) is 3. The summed E-state index contributed by atoms with van der Waals surface area (Å²) in [5, 5.41) is 0. The summed E-state index contributed by atoms with van der Waals surface area (Å²) in [5.74, 6) is 1.07. The molecule has 138 valence electrons. The molecule has 0 fully saturated rings. The summed E-state index contributed by atoms with van der Waals surface area (Å²) in [7, 11) is 0. The van der Waals surface area contributed by atoms with Crippen LogP contribution in [0.15, 0.2) is 54.6 Å². The minimum Gasteiger partial charge on any atom is -0.486 e. The highest BCUT2D eigenvalue weighted by Crippen LogP contribution is 2.36. The number of carbonyl (C=O) groups is 1. The van der Waals surface area contributed by atoms with Gasteiger partial charge in [-0.3, -0.25) is 4.79 Å². The standard InChI is InChI=1S/C22H22N2O3/c1-15-18(22(23)25)14-19(24(15)10-9-16-5-3-2-4-6-16)17-7-8-20-21(13-17)27-12-11-26-20/h2-8,13-14H,9-12H2,1H3,(H2,23,25). The summed E-state index contributed by atoms with van der Waals surface area (Å²) in [4.78, 5) is 11.9. The molecule has 5 nitrogen and oxygen atoms in total. The molecule has 0 saturated heterocycles. The first-order chi connectivity index (χ1) is 13.1. The molecule has 0 radical (unpaired) electrons. The van der Waals surface area contributed by atoms with Crippen molar-refractivity contribution in [3.05, 3.63) is 71.4 Å². The van der Waals surface area contributed by atoms with E-state index in [1.807, 2.05) is 49.4 Å². The predicted molar refractivity (Wildman–Crippen MR) is 104 cm³/mol. The smallest absolute Gasteiger partial charge is 0.250 e. The number of amides is 1. The molecule has 1 aliphatic heterocycles. The van der Waals surface area contributed by atoms with Crippen LogP contribution in [0.25, 0.3) is 11.3 Å². The van der Waals surface area contributed by atoms with Crippen LogP contribution in [-0.2, 0) is 13.0 Å². The molecule has 0 unspecified atom stereocenters. The van der Waals surface area contributed by atoms with Crippen molar-refractivity contribution in [2.75, 3.05) is 13.2 Å². The Kier molecular flexibility index (Phi) is 4.59. The van der Waals surface area contributed by atoms with Crippen molar-refractivity contribution in [3.63, 3.8) is 0 Å². The van der Waals surface area contributed by atoms with E-state index in [9.17, 15) is 4.79 Å².